The van der Waals surface area contributed by atoms with E-state index < -0.39 is 23.7 Å². The molecule has 0 unspecified atom stereocenters. The van der Waals surface area contributed by atoms with Crippen LogP contribution in [0.1, 0.15) is 18.0 Å². The molecule has 0 saturated carbocycles. The molecule has 21 heavy (non-hydrogen) atoms. The van der Waals surface area contributed by atoms with E-state index in [0.717, 1.165) is 0 Å². The minimum Gasteiger partial charge on any atom is -0.481 e. The number of hydrogen-bond acceptors (Lipinski definition) is 3. The third kappa shape index (κ3) is 3.16. The van der Waals surface area contributed by atoms with Crippen LogP contribution < -0.4 is 0 Å². The molecule has 0 aromatic heterocycles. The summed E-state index contributed by atoms with van der Waals surface area (Å²) in [4.78, 5) is 24.8. The largest absolute Gasteiger partial charge is 0.481 e. The van der Waals surface area contributed by atoms with Crippen LogP contribution in [0, 0.1) is 11.7 Å². The van der Waals surface area contributed by atoms with Crippen LogP contribution in [-0.2, 0) is 14.3 Å². The maximum Gasteiger partial charge on any atom is 0.309 e. The van der Waals surface area contributed by atoms with Gasteiger partial charge in [-0.3, -0.25) is 9.59 Å². The number of hydrogen-bond donors (Lipinski definition) is 1. The fourth-order valence-electron chi connectivity index (χ4n) is 2.57. The second kappa shape index (κ2) is 6.41. The molecule has 7 heteroatoms. The zero-order chi connectivity index (χ0) is 15.6. The van der Waals surface area contributed by atoms with Crippen molar-refractivity contribution >= 4 is 23.5 Å². The van der Waals surface area contributed by atoms with Gasteiger partial charge in [0.05, 0.1) is 23.6 Å². The molecule has 0 bridgehead atoms. The highest BCUT2D eigenvalue weighted by Crippen LogP contribution is 2.38. The molecule has 1 amide bonds. The lowest BCUT2D eigenvalue weighted by Crippen LogP contribution is -2.33. The molecule has 1 N–H and O–H groups in total. The SMILES string of the molecule is COCCN1C(=O)C[C@@H](C(=O)O)[C@H]1c1ccc(Cl)c(F)c1. The summed E-state index contributed by atoms with van der Waals surface area (Å²) in [5, 5.41) is 9.26. The molecule has 1 aromatic rings. The number of benzene rings is 1. The predicted molar refractivity (Wildman–Crippen MR) is 73.5 cm³/mol. The van der Waals surface area contributed by atoms with E-state index in [1.165, 1.54) is 24.1 Å². The third-order valence-electron chi connectivity index (χ3n) is 3.57. The summed E-state index contributed by atoms with van der Waals surface area (Å²) >= 11 is 5.64. The van der Waals surface area contributed by atoms with Gasteiger partial charge in [-0.2, -0.15) is 0 Å². The fraction of sp³-hybridized carbons (Fsp3) is 0.429. The predicted octanol–water partition coefficient (Wildman–Crippen LogP) is 2.10. The van der Waals surface area contributed by atoms with Crippen LogP contribution in [0.2, 0.25) is 5.02 Å². The number of carbonyl (C=O) groups excluding carboxylic acids is 1. The summed E-state index contributed by atoms with van der Waals surface area (Å²) in [6.45, 7) is 0.540. The number of rotatable bonds is 5. The molecule has 1 aliphatic heterocycles. The number of halogens is 2. The summed E-state index contributed by atoms with van der Waals surface area (Å²) in [6.07, 6.45) is -0.103. The van der Waals surface area contributed by atoms with Crippen molar-refractivity contribution in [3.05, 3.63) is 34.6 Å². The number of aliphatic carboxylic acids is 1. The summed E-state index contributed by atoms with van der Waals surface area (Å²) in [7, 11) is 1.49. The number of likely N-dealkylation sites (tertiary alicyclic amines) is 1. The van der Waals surface area contributed by atoms with Crippen LogP contribution in [0.25, 0.3) is 0 Å². The zero-order valence-electron chi connectivity index (χ0n) is 11.4. The highest BCUT2D eigenvalue weighted by molar-refractivity contribution is 6.30. The van der Waals surface area contributed by atoms with E-state index in [0.29, 0.717) is 5.56 Å². The Bertz CT molecular complexity index is 566. The first-order valence-electron chi connectivity index (χ1n) is 6.42. The fourth-order valence-corrected chi connectivity index (χ4v) is 2.69. The third-order valence-corrected chi connectivity index (χ3v) is 3.88. The van der Waals surface area contributed by atoms with Gasteiger partial charge in [0.15, 0.2) is 0 Å². The molecule has 114 valence electrons. The minimum atomic E-state index is -1.08. The zero-order valence-corrected chi connectivity index (χ0v) is 12.1. The smallest absolute Gasteiger partial charge is 0.309 e. The number of carbonyl (C=O) groups is 2. The van der Waals surface area contributed by atoms with Gasteiger partial charge in [-0.25, -0.2) is 4.39 Å². The van der Waals surface area contributed by atoms with Crippen molar-refractivity contribution in [1.29, 1.82) is 0 Å². The van der Waals surface area contributed by atoms with Crippen LogP contribution >= 0.6 is 11.6 Å². The first kappa shape index (κ1) is 15.7. The van der Waals surface area contributed by atoms with Crippen molar-refractivity contribution in [3.63, 3.8) is 0 Å². The average Bonchev–Trinajstić information content (AvgIpc) is 2.77. The molecule has 1 saturated heterocycles. The van der Waals surface area contributed by atoms with Crippen LogP contribution in [0.5, 0.6) is 0 Å². The van der Waals surface area contributed by atoms with Crippen LogP contribution in [0.15, 0.2) is 18.2 Å². The Kier molecular flexibility index (Phi) is 4.80. The van der Waals surface area contributed by atoms with Crippen molar-refractivity contribution in [1.82, 2.24) is 4.90 Å². The lowest BCUT2D eigenvalue weighted by atomic mass is 9.93. The molecule has 0 aliphatic carbocycles. The summed E-state index contributed by atoms with van der Waals surface area (Å²) in [5.74, 6) is -2.90. The van der Waals surface area contributed by atoms with E-state index in [9.17, 15) is 19.1 Å². The van der Waals surface area contributed by atoms with E-state index in [4.69, 9.17) is 16.3 Å². The van der Waals surface area contributed by atoms with Crippen molar-refractivity contribution in [3.8, 4) is 0 Å². The van der Waals surface area contributed by atoms with Gasteiger partial charge in [0.2, 0.25) is 5.91 Å². The minimum absolute atomic E-state index is 0.0432. The van der Waals surface area contributed by atoms with Gasteiger partial charge in [0.1, 0.15) is 5.82 Å². The molecule has 1 aromatic carbocycles. The quantitative estimate of drug-likeness (QED) is 0.903. The second-order valence-corrected chi connectivity index (χ2v) is 5.25. The summed E-state index contributed by atoms with van der Waals surface area (Å²) in [5.41, 5.74) is 0.422. The number of nitrogens with zero attached hydrogens (tertiary/aromatic N) is 1. The Morgan fingerprint density at radius 1 is 1.57 bits per heavy atom. The molecule has 2 atom stereocenters. The Hall–Kier alpha value is -1.66. The van der Waals surface area contributed by atoms with Gasteiger partial charge in [0, 0.05) is 20.1 Å². The number of carboxylic acids is 1. The molecular weight excluding hydrogens is 301 g/mol. The maximum atomic E-state index is 13.6. The van der Waals surface area contributed by atoms with Crippen LogP contribution in [0.4, 0.5) is 4.39 Å². The summed E-state index contributed by atoms with van der Waals surface area (Å²) < 4.78 is 18.6. The number of carboxylic acid groups (broad SMARTS) is 1. The number of amides is 1. The van der Waals surface area contributed by atoms with Crippen molar-refractivity contribution in [2.24, 2.45) is 5.92 Å². The lowest BCUT2D eigenvalue weighted by Gasteiger charge is -2.27. The molecule has 0 radical (unpaired) electrons. The van der Waals surface area contributed by atoms with Gasteiger partial charge < -0.3 is 14.7 Å². The summed E-state index contributed by atoms with van der Waals surface area (Å²) in [6, 6.07) is 3.38. The van der Waals surface area contributed by atoms with Crippen LogP contribution in [0.3, 0.4) is 0 Å². The molecule has 1 fully saturated rings. The molecule has 1 heterocycles. The van der Waals surface area contributed by atoms with E-state index in [1.54, 1.807) is 6.07 Å². The van der Waals surface area contributed by atoms with Crippen molar-refractivity contribution in [2.45, 2.75) is 12.5 Å². The molecule has 2 rings (SSSR count). The highest BCUT2D eigenvalue weighted by Gasteiger charge is 2.44. The standard InChI is InChI=1S/C14H15ClFNO4/c1-21-5-4-17-12(18)7-9(14(19)20)13(17)8-2-3-10(15)11(16)6-8/h2-3,6,9,13H,4-5,7H2,1H3,(H,19,20)/t9-,13-/m1/s1. The topological polar surface area (TPSA) is 66.8 Å². The van der Waals surface area contributed by atoms with E-state index in [2.05, 4.69) is 0 Å². The normalized spacial score (nSPS) is 21.9. The first-order valence-corrected chi connectivity index (χ1v) is 6.79. The monoisotopic (exact) mass is 315 g/mol. The van der Waals surface area contributed by atoms with Gasteiger partial charge in [-0.15, -0.1) is 0 Å². The second-order valence-electron chi connectivity index (χ2n) is 4.85. The van der Waals surface area contributed by atoms with Crippen molar-refractivity contribution < 1.29 is 23.8 Å². The molecular formula is C14H15ClFNO4. The van der Waals surface area contributed by atoms with Gasteiger partial charge >= 0.3 is 5.97 Å². The molecule has 0 spiro atoms. The van der Waals surface area contributed by atoms with Crippen molar-refractivity contribution in [2.75, 3.05) is 20.3 Å². The number of ether oxygens (including phenoxy) is 1. The first-order chi connectivity index (χ1) is 9.95. The van der Waals surface area contributed by atoms with E-state index in [-0.39, 0.29) is 30.5 Å². The lowest BCUT2D eigenvalue weighted by molar-refractivity contribution is -0.142. The van der Waals surface area contributed by atoms with Gasteiger partial charge in [0.25, 0.3) is 0 Å². The Morgan fingerprint density at radius 3 is 2.86 bits per heavy atom. The molecule has 1 aliphatic rings. The Labute approximate surface area is 126 Å². The maximum absolute atomic E-state index is 13.6. The Morgan fingerprint density at radius 2 is 2.29 bits per heavy atom. The molecule has 5 nitrogen and oxygen atoms in total. The van der Waals surface area contributed by atoms with E-state index >= 15 is 0 Å². The highest BCUT2D eigenvalue weighted by atomic mass is 35.5. The van der Waals surface area contributed by atoms with Crippen LogP contribution in [-0.4, -0.2) is 42.1 Å². The van der Waals surface area contributed by atoms with Gasteiger partial charge in [-0.1, -0.05) is 17.7 Å². The van der Waals surface area contributed by atoms with Gasteiger partial charge in [-0.05, 0) is 17.7 Å². The Balaban J connectivity index is 2.38. The van der Waals surface area contributed by atoms with E-state index in [1.807, 2.05) is 0 Å². The number of methoxy groups -OCH3 is 1. The average molecular weight is 316 g/mol.